The van der Waals surface area contributed by atoms with E-state index in [1.54, 1.807) is 48.5 Å². The molecule has 2 aliphatic rings. The largest absolute Gasteiger partial charge is 0.421 e. The monoisotopic (exact) mass is 397 g/mol. The number of para-hydroxylation sites is 2. The van der Waals surface area contributed by atoms with E-state index in [1.165, 1.54) is 4.90 Å². The van der Waals surface area contributed by atoms with Gasteiger partial charge in [0.25, 0.3) is 0 Å². The molecule has 2 aromatic carbocycles. The number of halogens is 1. The average Bonchev–Trinajstić information content (AvgIpc) is 2.93. The summed E-state index contributed by atoms with van der Waals surface area (Å²) in [6.45, 7) is 2.11. The highest BCUT2D eigenvalue weighted by atomic mass is 35.5. The number of nitrogens with zero attached hydrogens (tertiary/aromatic N) is 1. The minimum atomic E-state index is -0.575. The Morgan fingerprint density at radius 1 is 1.00 bits per heavy atom. The number of rotatable bonds is 3. The Morgan fingerprint density at radius 2 is 1.68 bits per heavy atom. The smallest absolute Gasteiger partial charge is 0.343 e. The number of benzene rings is 2. The number of carbonyl (C=O) groups excluding carboxylic acids is 3. The van der Waals surface area contributed by atoms with Crippen LogP contribution in [0.1, 0.15) is 36.5 Å². The molecule has 2 aromatic rings. The van der Waals surface area contributed by atoms with E-state index in [0.29, 0.717) is 22.2 Å². The summed E-state index contributed by atoms with van der Waals surface area (Å²) >= 11 is 5.86. The van der Waals surface area contributed by atoms with Crippen LogP contribution in [0, 0.1) is 17.8 Å². The van der Waals surface area contributed by atoms with Crippen LogP contribution in [0.4, 0.5) is 5.69 Å². The molecule has 0 spiro atoms. The molecule has 3 atom stereocenters. The molecule has 6 heteroatoms. The van der Waals surface area contributed by atoms with E-state index in [2.05, 4.69) is 6.92 Å². The molecule has 2 amide bonds. The van der Waals surface area contributed by atoms with Gasteiger partial charge in [-0.25, -0.2) is 9.69 Å². The van der Waals surface area contributed by atoms with Gasteiger partial charge < -0.3 is 4.74 Å². The average molecular weight is 398 g/mol. The lowest BCUT2D eigenvalue weighted by Crippen LogP contribution is -2.31. The van der Waals surface area contributed by atoms with Crippen LogP contribution in [0.25, 0.3) is 0 Å². The van der Waals surface area contributed by atoms with Gasteiger partial charge in [-0.3, -0.25) is 9.59 Å². The van der Waals surface area contributed by atoms with Crippen molar-refractivity contribution < 1.29 is 19.1 Å². The number of anilines is 1. The summed E-state index contributed by atoms with van der Waals surface area (Å²) in [5.74, 6) is -0.908. The summed E-state index contributed by atoms with van der Waals surface area (Å²) in [4.78, 5) is 39.6. The number of imide groups is 1. The van der Waals surface area contributed by atoms with Gasteiger partial charge in [-0.2, -0.15) is 0 Å². The maximum Gasteiger partial charge on any atom is 0.343 e. The quantitative estimate of drug-likeness (QED) is 0.435. The van der Waals surface area contributed by atoms with Crippen molar-refractivity contribution in [2.45, 2.75) is 26.2 Å². The fraction of sp³-hybridized carbons (Fsp3) is 0.318. The number of esters is 1. The minimum absolute atomic E-state index is 0.191. The number of amides is 2. The number of fused-ring (bicyclic) bond motifs is 1. The maximum absolute atomic E-state index is 13.0. The van der Waals surface area contributed by atoms with Gasteiger partial charge in [-0.05, 0) is 61.6 Å². The SMILES string of the molecule is C[C@H]1CC[C@@H]2C(=O)N(c3ccccc3OC(=O)c3ccc(Cl)cc3)C(=O)[C@@H]2C1. The Labute approximate surface area is 168 Å². The second kappa shape index (κ2) is 7.40. The van der Waals surface area contributed by atoms with Gasteiger partial charge in [0.05, 0.1) is 23.1 Å². The second-order valence-corrected chi connectivity index (χ2v) is 7.94. The first-order chi connectivity index (χ1) is 13.5. The summed E-state index contributed by atoms with van der Waals surface area (Å²) in [5.41, 5.74) is 0.655. The van der Waals surface area contributed by atoms with Crippen molar-refractivity contribution in [2.75, 3.05) is 4.90 Å². The fourth-order valence-corrected chi connectivity index (χ4v) is 4.23. The highest BCUT2D eigenvalue weighted by molar-refractivity contribution is 6.30. The third kappa shape index (κ3) is 3.31. The van der Waals surface area contributed by atoms with Crippen LogP contribution in [0.5, 0.6) is 5.75 Å². The van der Waals surface area contributed by atoms with Gasteiger partial charge in [-0.15, -0.1) is 0 Å². The van der Waals surface area contributed by atoms with Crippen molar-refractivity contribution in [3.05, 3.63) is 59.1 Å². The molecular weight excluding hydrogens is 378 g/mol. The van der Waals surface area contributed by atoms with Crippen LogP contribution in [0.15, 0.2) is 48.5 Å². The predicted molar refractivity (Wildman–Crippen MR) is 105 cm³/mol. The summed E-state index contributed by atoms with van der Waals surface area (Å²) in [6, 6.07) is 13.0. The standard InChI is InChI=1S/C22H20ClNO4/c1-13-6-11-16-17(12-13)21(26)24(20(16)25)18-4-2-3-5-19(18)28-22(27)14-7-9-15(23)10-8-14/h2-5,7-10,13,16-17H,6,11-12H2,1H3/t13-,16-,17+/m0/s1. The van der Waals surface area contributed by atoms with Gasteiger partial charge in [0, 0.05) is 5.02 Å². The van der Waals surface area contributed by atoms with Gasteiger partial charge in [0.15, 0.2) is 5.75 Å². The lowest BCUT2D eigenvalue weighted by molar-refractivity contribution is -0.122. The van der Waals surface area contributed by atoms with E-state index in [4.69, 9.17) is 16.3 Å². The molecule has 0 radical (unpaired) electrons. The minimum Gasteiger partial charge on any atom is -0.421 e. The third-order valence-electron chi connectivity index (χ3n) is 5.58. The molecule has 0 N–H and O–H groups in total. The van der Waals surface area contributed by atoms with E-state index in [0.717, 1.165) is 19.3 Å². The van der Waals surface area contributed by atoms with Crippen LogP contribution in [0.2, 0.25) is 5.02 Å². The molecular formula is C22H20ClNO4. The molecule has 1 aliphatic heterocycles. The van der Waals surface area contributed by atoms with Crippen molar-refractivity contribution >= 4 is 35.1 Å². The normalized spacial score (nSPS) is 24.2. The van der Waals surface area contributed by atoms with E-state index in [9.17, 15) is 14.4 Å². The molecule has 1 saturated carbocycles. The number of carbonyl (C=O) groups is 3. The zero-order chi connectivity index (χ0) is 19.8. The highest BCUT2D eigenvalue weighted by Crippen LogP contribution is 2.44. The van der Waals surface area contributed by atoms with Crippen LogP contribution < -0.4 is 9.64 Å². The zero-order valence-electron chi connectivity index (χ0n) is 15.4. The molecule has 0 unspecified atom stereocenters. The lowest BCUT2D eigenvalue weighted by Gasteiger charge is -2.25. The maximum atomic E-state index is 13.0. The zero-order valence-corrected chi connectivity index (χ0v) is 16.2. The summed E-state index contributed by atoms with van der Waals surface area (Å²) in [7, 11) is 0. The van der Waals surface area contributed by atoms with Gasteiger partial charge >= 0.3 is 5.97 Å². The highest BCUT2D eigenvalue weighted by Gasteiger charge is 2.50. The molecule has 1 saturated heterocycles. The lowest BCUT2D eigenvalue weighted by atomic mass is 9.76. The molecule has 144 valence electrons. The predicted octanol–water partition coefficient (Wildman–Crippen LogP) is 4.48. The summed E-state index contributed by atoms with van der Waals surface area (Å²) in [5, 5.41) is 0.516. The number of ether oxygens (including phenoxy) is 1. The fourth-order valence-electron chi connectivity index (χ4n) is 4.10. The Balaban J connectivity index is 1.63. The van der Waals surface area contributed by atoms with Crippen LogP contribution >= 0.6 is 11.6 Å². The molecule has 4 rings (SSSR count). The van der Waals surface area contributed by atoms with Crippen LogP contribution in [-0.2, 0) is 9.59 Å². The van der Waals surface area contributed by atoms with E-state index < -0.39 is 5.97 Å². The van der Waals surface area contributed by atoms with Gasteiger partial charge in [0.2, 0.25) is 11.8 Å². The Hall–Kier alpha value is -2.66. The first-order valence-corrected chi connectivity index (χ1v) is 9.78. The Morgan fingerprint density at radius 3 is 2.43 bits per heavy atom. The third-order valence-corrected chi connectivity index (χ3v) is 5.83. The second-order valence-electron chi connectivity index (χ2n) is 7.51. The van der Waals surface area contributed by atoms with E-state index in [1.807, 2.05) is 0 Å². The molecule has 2 fully saturated rings. The van der Waals surface area contributed by atoms with Gasteiger partial charge in [0.1, 0.15) is 0 Å². The topological polar surface area (TPSA) is 63.7 Å². The molecule has 5 nitrogen and oxygen atoms in total. The summed E-state index contributed by atoms with van der Waals surface area (Å²) in [6.07, 6.45) is 2.39. The van der Waals surface area contributed by atoms with Crippen molar-refractivity contribution in [2.24, 2.45) is 17.8 Å². The number of hydrogen-bond acceptors (Lipinski definition) is 4. The Kier molecular flexibility index (Phi) is 4.94. The van der Waals surface area contributed by atoms with E-state index >= 15 is 0 Å². The van der Waals surface area contributed by atoms with Crippen LogP contribution in [0.3, 0.4) is 0 Å². The summed E-state index contributed by atoms with van der Waals surface area (Å²) < 4.78 is 5.53. The van der Waals surface area contributed by atoms with Crippen molar-refractivity contribution in [1.29, 1.82) is 0 Å². The molecule has 0 aromatic heterocycles. The first kappa shape index (κ1) is 18.7. The van der Waals surface area contributed by atoms with Crippen molar-refractivity contribution in [3.8, 4) is 5.75 Å². The van der Waals surface area contributed by atoms with Gasteiger partial charge in [-0.1, -0.05) is 30.7 Å². The molecule has 0 bridgehead atoms. The van der Waals surface area contributed by atoms with Crippen molar-refractivity contribution in [3.63, 3.8) is 0 Å². The first-order valence-electron chi connectivity index (χ1n) is 9.40. The Bertz CT molecular complexity index is 940. The number of hydrogen-bond donors (Lipinski definition) is 0. The van der Waals surface area contributed by atoms with E-state index in [-0.39, 0.29) is 29.4 Å². The molecule has 1 aliphatic carbocycles. The van der Waals surface area contributed by atoms with Crippen LogP contribution in [-0.4, -0.2) is 17.8 Å². The van der Waals surface area contributed by atoms with Crippen molar-refractivity contribution in [1.82, 2.24) is 0 Å². The molecule has 28 heavy (non-hydrogen) atoms. The molecule has 1 heterocycles.